The molecule has 1 amide bonds. The predicted molar refractivity (Wildman–Crippen MR) is 75.8 cm³/mol. The first-order valence-corrected chi connectivity index (χ1v) is 7.50. The molecule has 0 saturated carbocycles. The highest BCUT2D eigenvalue weighted by Gasteiger charge is 2.26. The molecule has 1 aliphatic heterocycles. The summed E-state index contributed by atoms with van der Waals surface area (Å²) in [6.07, 6.45) is 0.876. The molecule has 1 aromatic carbocycles. The molecule has 1 heterocycles. The van der Waals surface area contributed by atoms with Crippen molar-refractivity contribution in [2.45, 2.75) is 24.3 Å². The summed E-state index contributed by atoms with van der Waals surface area (Å²) in [7, 11) is 0. The lowest BCUT2D eigenvalue weighted by atomic mass is 10.1. The van der Waals surface area contributed by atoms with Crippen molar-refractivity contribution in [3.05, 3.63) is 30.3 Å². The highest BCUT2D eigenvalue weighted by atomic mass is 32.2. The minimum absolute atomic E-state index is 0.0282. The zero-order chi connectivity index (χ0) is 12.8. The van der Waals surface area contributed by atoms with Gasteiger partial charge < -0.3 is 10.2 Å². The molecule has 0 aromatic heterocycles. The van der Waals surface area contributed by atoms with E-state index in [2.05, 4.69) is 24.4 Å². The minimum atomic E-state index is 0.0282. The van der Waals surface area contributed by atoms with Crippen LogP contribution in [0.1, 0.15) is 13.3 Å². The molecule has 0 bridgehead atoms. The Balaban J connectivity index is 1.78. The van der Waals surface area contributed by atoms with E-state index < -0.39 is 0 Å². The van der Waals surface area contributed by atoms with Crippen LogP contribution >= 0.6 is 11.8 Å². The standard InChI is InChI=1S/C14H20N2OS/c1-2-13-14(17)16(9-8-15-13)10-11-18-12-6-4-3-5-7-12/h3-7,13,15H,2,8-11H2,1H3. The van der Waals surface area contributed by atoms with E-state index in [0.29, 0.717) is 0 Å². The van der Waals surface area contributed by atoms with Crippen molar-refractivity contribution in [3.8, 4) is 0 Å². The number of rotatable bonds is 5. The molecule has 4 heteroatoms. The monoisotopic (exact) mass is 264 g/mol. The fraction of sp³-hybridized carbons (Fsp3) is 0.500. The maximum Gasteiger partial charge on any atom is 0.239 e. The van der Waals surface area contributed by atoms with Crippen LogP contribution in [0.3, 0.4) is 0 Å². The second-order valence-corrected chi connectivity index (χ2v) is 5.57. The summed E-state index contributed by atoms with van der Waals surface area (Å²) >= 11 is 1.81. The predicted octanol–water partition coefficient (Wildman–Crippen LogP) is 1.99. The van der Waals surface area contributed by atoms with E-state index in [1.807, 2.05) is 34.9 Å². The van der Waals surface area contributed by atoms with Crippen LogP contribution in [0.2, 0.25) is 0 Å². The first-order chi connectivity index (χ1) is 8.81. The van der Waals surface area contributed by atoms with Gasteiger partial charge in [-0.15, -0.1) is 11.8 Å². The first-order valence-electron chi connectivity index (χ1n) is 6.51. The van der Waals surface area contributed by atoms with E-state index in [1.54, 1.807) is 0 Å². The molecule has 0 spiro atoms. The summed E-state index contributed by atoms with van der Waals surface area (Å²) in [6.45, 7) is 4.65. The molecule has 1 saturated heterocycles. The van der Waals surface area contributed by atoms with E-state index in [-0.39, 0.29) is 11.9 Å². The normalized spacial score (nSPS) is 20.2. The van der Waals surface area contributed by atoms with Crippen molar-refractivity contribution < 1.29 is 4.79 Å². The van der Waals surface area contributed by atoms with Crippen LogP contribution in [0.25, 0.3) is 0 Å². The van der Waals surface area contributed by atoms with Crippen molar-refractivity contribution >= 4 is 17.7 Å². The van der Waals surface area contributed by atoms with Gasteiger partial charge in [0.15, 0.2) is 0 Å². The SMILES string of the molecule is CCC1NCCN(CCSc2ccccc2)C1=O. The number of carbonyl (C=O) groups is 1. The Morgan fingerprint density at radius 3 is 2.89 bits per heavy atom. The summed E-state index contributed by atoms with van der Waals surface area (Å²) in [6, 6.07) is 10.4. The maximum absolute atomic E-state index is 12.1. The summed E-state index contributed by atoms with van der Waals surface area (Å²) in [5, 5.41) is 3.26. The molecule has 2 rings (SSSR count). The molecule has 3 nitrogen and oxygen atoms in total. The summed E-state index contributed by atoms with van der Waals surface area (Å²) in [5.74, 6) is 1.23. The molecule has 1 aliphatic rings. The lowest BCUT2D eigenvalue weighted by Crippen LogP contribution is -2.55. The molecular weight excluding hydrogens is 244 g/mol. The highest BCUT2D eigenvalue weighted by molar-refractivity contribution is 7.99. The van der Waals surface area contributed by atoms with Crippen LogP contribution in [0, 0.1) is 0 Å². The third-order valence-electron chi connectivity index (χ3n) is 3.16. The zero-order valence-electron chi connectivity index (χ0n) is 10.8. The first kappa shape index (κ1) is 13.4. The largest absolute Gasteiger partial charge is 0.339 e. The Morgan fingerprint density at radius 1 is 1.39 bits per heavy atom. The lowest BCUT2D eigenvalue weighted by Gasteiger charge is -2.32. The number of piperazine rings is 1. The van der Waals surface area contributed by atoms with Crippen LogP contribution in [-0.2, 0) is 4.79 Å². The maximum atomic E-state index is 12.1. The van der Waals surface area contributed by atoms with Crippen molar-refractivity contribution in [1.29, 1.82) is 0 Å². The second kappa shape index (κ2) is 6.81. The second-order valence-electron chi connectivity index (χ2n) is 4.40. The number of nitrogens with zero attached hydrogens (tertiary/aromatic N) is 1. The van der Waals surface area contributed by atoms with Gasteiger partial charge in [-0.05, 0) is 18.6 Å². The van der Waals surface area contributed by atoms with Crippen LogP contribution in [0.4, 0.5) is 0 Å². The number of thioether (sulfide) groups is 1. The molecule has 1 fully saturated rings. The van der Waals surface area contributed by atoms with Crippen molar-refractivity contribution in [2.75, 3.05) is 25.4 Å². The van der Waals surface area contributed by atoms with Gasteiger partial charge in [-0.3, -0.25) is 4.79 Å². The fourth-order valence-electron chi connectivity index (χ4n) is 2.12. The zero-order valence-corrected chi connectivity index (χ0v) is 11.6. The number of hydrogen-bond acceptors (Lipinski definition) is 3. The molecule has 1 aromatic rings. The Labute approximate surface area is 113 Å². The summed E-state index contributed by atoms with van der Waals surface area (Å²) < 4.78 is 0. The average molecular weight is 264 g/mol. The van der Waals surface area contributed by atoms with Gasteiger partial charge in [0.25, 0.3) is 0 Å². The molecule has 98 valence electrons. The highest BCUT2D eigenvalue weighted by Crippen LogP contribution is 2.17. The van der Waals surface area contributed by atoms with E-state index >= 15 is 0 Å². The molecule has 0 radical (unpaired) electrons. The van der Waals surface area contributed by atoms with Crippen molar-refractivity contribution in [2.24, 2.45) is 0 Å². The number of hydrogen-bond donors (Lipinski definition) is 1. The smallest absolute Gasteiger partial charge is 0.239 e. The molecule has 1 N–H and O–H groups in total. The Kier molecular flexibility index (Phi) is 5.08. The Hall–Kier alpha value is -1.00. The van der Waals surface area contributed by atoms with Crippen LogP contribution in [0.15, 0.2) is 35.2 Å². The van der Waals surface area contributed by atoms with Crippen LogP contribution in [-0.4, -0.2) is 42.2 Å². The Bertz CT molecular complexity index is 383. The molecule has 1 unspecified atom stereocenters. The van der Waals surface area contributed by atoms with Crippen LogP contribution in [0.5, 0.6) is 0 Å². The van der Waals surface area contributed by atoms with Gasteiger partial charge in [-0.2, -0.15) is 0 Å². The van der Waals surface area contributed by atoms with E-state index in [0.717, 1.165) is 31.8 Å². The average Bonchev–Trinajstić information content (AvgIpc) is 2.42. The molecular formula is C14H20N2OS. The van der Waals surface area contributed by atoms with Gasteiger partial charge in [0.2, 0.25) is 5.91 Å². The van der Waals surface area contributed by atoms with Gasteiger partial charge >= 0.3 is 0 Å². The third kappa shape index (κ3) is 3.50. The number of amides is 1. The molecule has 18 heavy (non-hydrogen) atoms. The molecule has 1 atom stereocenters. The lowest BCUT2D eigenvalue weighted by molar-refractivity contribution is -0.135. The number of nitrogens with one attached hydrogen (secondary N) is 1. The van der Waals surface area contributed by atoms with E-state index in [4.69, 9.17) is 0 Å². The summed E-state index contributed by atoms with van der Waals surface area (Å²) in [4.78, 5) is 15.3. The number of benzene rings is 1. The Morgan fingerprint density at radius 2 is 2.17 bits per heavy atom. The summed E-state index contributed by atoms with van der Waals surface area (Å²) in [5.41, 5.74) is 0. The van der Waals surface area contributed by atoms with Gasteiger partial charge in [0, 0.05) is 30.3 Å². The quantitative estimate of drug-likeness (QED) is 0.826. The minimum Gasteiger partial charge on any atom is -0.339 e. The van der Waals surface area contributed by atoms with Gasteiger partial charge in [-0.25, -0.2) is 0 Å². The third-order valence-corrected chi connectivity index (χ3v) is 4.16. The van der Waals surface area contributed by atoms with Crippen LogP contribution < -0.4 is 5.32 Å². The van der Waals surface area contributed by atoms with E-state index in [1.165, 1.54) is 4.90 Å². The van der Waals surface area contributed by atoms with Gasteiger partial charge in [0.05, 0.1) is 6.04 Å². The number of carbonyl (C=O) groups excluding carboxylic acids is 1. The fourth-order valence-corrected chi connectivity index (χ4v) is 3.02. The van der Waals surface area contributed by atoms with Gasteiger partial charge in [0.1, 0.15) is 0 Å². The van der Waals surface area contributed by atoms with E-state index in [9.17, 15) is 4.79 Å². The van der Waals surface area contributed by atoms with Gasteiger partial charge in [-0.1, -0.05) is 25.1 Å². The molecule has 0 aliphatic carbocycles. The van der Waals surface area contributed by atoms with Crippen molar-refractivity contribution in [3.63, 3.8) is 0 Å². The topological polar surface area (TPSA) is 32.3 Å². The van der Waals surface area contributed by atoms with Crippen molar-refractivity contribution in [1.82, 2.24) is 10.2 Å².